The molecular weight excluding hydrogens is 397 g/mol. The van der Waals surface area contributed by atoms with E-state index < -0.39 is 11.8 Å². The Morgan fingerprint density at radius 1 is 0.968 bits per heavy atom. The Labute approximate surface area is 179 Å². The molecule has 31 heavy (non-hydrogen) atoms. The van der Waals surface area contributed by atoms with E-state index in [0.29, 0.717) is 22.6 Å². The molecule has 6 nitrogen and oxygen atoms in total. The minimum Gasteiger partial charge on any atom is -0.489 e. The normalized spacial score (nSPS) is 10.7. The van der Waals surface area contributed by atoms with Gasteiger partial charge in [-0.05, 0) is 73.0 Å². The summed E-state index contributed by atoms with van der Waals surface area (Å²) in [5, 5.41) is 6.32. The Kier molecular flexibility index (Phi) is 7.11. The van der Waals surface area contributed by atoms with E-state index in [4.69, 9.17) is 4.74 Å². The highest BCUT2D eigenvalue weighted by molar-refractivity contribution is 6.39. The number of nitrogens with zero attached hydrogens (tertiary/aromatic N) is 1. The first-order valence-electron chi connectivity index (χ1n) is 9.60. The van der Waals surface area contributed by atoms with Crippen LogP contribution in [0.3, 0.4) is 0 Å². The molecule has 0 radical (unpaired) electrons. The molecule has 0 aliphatic carbocycles. The summed E-state index contributed by atoms with van der Waals surface area (Å²) in [4.78, 5) is 23.9. The number of hydrazone groups is 1. The number of benzene rings is 3. The monoisotopic (exact) mass is 419 g/mol. The smallest absolute Gasteiger partial charge is 0.329 e. The van der Waals surface area contributed by atoms with Gasteiger partial charge in [0, 0.05) is 11.3 Å². The lowest BCUT2D eigenvalue weighted by molar-refractivity contribution is -0.136. The van der Waals surface area contributed by atoms with Gasteiger partial charge >= 0.3 is 11.8 Å². The van der Waals surface area contributed by atoms with Crippen LogP contribution in [-0.2, 0) is 16.2 Å². The molecule has 0 heterocycles. The van der Waals surface area contributed by atoms with Crippen molar-refractivity contribution in [3.63, 3.8) is 0 Å². The molecular formula is C24H22FN3O3. The van der Waals surface area contributed by atoms with Crippen LogP contribution < -0.4 is 15.5 Å². The van der Waals surface area contributed by atoms with E-state index in [1.54, 1.807) is 54.6 Å². The highest BCUT2D eigenvalue weighted by Crippen LogP contribution is 2.15. The highest BCUT2D eigenvalue weighted by Gasteiger charge is 2.13. The molecule has 158 valence electrons. The van der Waals surface area contributed by atoms with Gasteiger partial charge in [0.05, 0.1) is 6.21 Å². The molecule has 2 amide bonds. The first-order chi connectivity index (χ1) is 14.9. The van der Waals surface area contributed by atoms with Crippen LogP contribution >= 0.6 is 0 Å². The molecule has 0 atom stereocenters. The van der Waals surface area contributed by atoms with Crippen molar-refractivity contribution in [2.24, 2.45) is 5.10 Å². The van der Waals surface area contributed by atoms with Crippen LogP contribution in [0.1, 0.15) is 22.3 Å². The first kappa shape index (κ1) is 21.7. The third-order valence-electron chi connectivity index (χ3n) is 4.58. The summed E-state index contributed by atoms with van der Waals surface area (Å²) in [5.74, 6) is -1.43. The number of ether oxygens (including phenoxy) is 1. The van der Waals surface area contributed by atoms with Crippen LogP contribution in [0.4, 0.5) is 10.1 Å². The quantitative estimate of drug-likeness (QED) is 0.359. The Morgan fingerprint density at radius 3 is 2.42 bits per heavy atom. The fourth-order valence-corrected chi connectivity index (χ4v) is 2.65. The molecule has 0 aromatic heterocycles. The van der Waals surface area contributed by atoms with Crippen molar-refractivity contribution in [1.82, 2.24) is 5.43 Å². The molecule has 0 spiro atoms. The maximum absolute atomic E-state index is 13.6. The van der Waals surface area contributed by atoms with Crippen molar-refractivity contribution in [3.05, 3.63) is 94.8 Å². The Hall–Kier alpha value is -4.00. The largest absolute Gasteiger partial charge is 0.489 e. The zero-order valence-corrected chi connectivity index (χ0v) is 17.2. The van der Waals surface area contributed by atoms with Gasteiger partial charge in [0.2, 0.25) is 0 Å². The third kappa shape index (κ3) is 6.24. The second-order valence-corrected chi connectivity index (χ2v) is 6.90. The molecule has 0 fully saturated rings. The maximum Gasteiger partial charge on any atom is 0.329 e. The van der Waals surface area contributed by atoms with Gasteiger partial charge in [-0.1, -0.05) is 24.3 Å². The van der Waals surface area contributed by atoms with Crippen LogP contribution in [0.2, 0.25) is 0 Å². The molecule has 0 aliphatic rings. The third-order valence-corrected chi connectivity index (χ3v) is 4.58. The average molecular weight is 419 g/mol. The van der Waals surface area contributed by atoms with Crippen LogP contribution in [0.25, 0.3) is 0 Å². The summed E-state index contributed by atoms with van der Waals surface area (Å²) in [5.41, 5.74) is 5.99. The lowest BCUT2D eigenvalue weighted by atomic mass is 10.1. The Balaban J connectivity index is 1.48. The number of carbonyl (C=O) groups is 2. The van der Waals surface area contributed by atoms with Crippen molar-refractivity contribution in [2.75, 3.05) is 5.32 Å². The molecule has 0 saturated heterocycles. The highest BCUT2D eigenvalue weighted by atomic mass is 19.1. The number of rotatable bonds is 6. The molecule has 7 heteroatoms. The second-order valence-electron chi connectivity index (χ2n) is 6.90. The van der Waals surface area contributed by atoms with E-state index >= 15 is 0 Å². The molecule has 2 N–H and O–H groups in total. The number of hydrogen-bond donors (Lipinski definition) is 2. The molecule has 3 rings (SSSR count). The van der Waals surface area contributed by atoms with E-state index in [9.17, 15) is 14.0 Å². The van der Waals surface area contributed by atoms with Crippen molar-refractivity contribution in [3.8, 4) is 5.75 Å². The number of anilines is 1. The van der Waals surface area contributed by atoms with Gasteiger partial charge in [-0.3, -0.25) is 9.59 Å². The fraction of sp³-hybridized carbons (Fsp3) is 0.125. The summed E-state index contributed by atoms with van der Waals surface area (Å²) in [7, 11) is 0. The zero-order valence-electron chi connectivity index (χ0n) is 17.2. The number of amides is 2. The topological polar surface area (TPSA) is 79.8 Å². The maximum atomic E-state index is 13.6. The van der Waals surface area contributed by atoms with Gasteiger partial charge in [-0.2, -0.15) is 5.10 Å². The molecule has 0 bridgehead atoms. The minimum absolute atomic E-state index is 0.117. The Bertz CT molecular complexity index is 1110. The predicted molar refractivity (Wildman–Crippen MR) is 117 cm³/mol. The fourth-order valence-electron chi connectivity index (χ4n) is 2.65. The number of aryl methyl sites for hydroxylation is 2. The molecule has 0 aliphatic heterocycles. The van der Waals surface area contributed by atoms with Gasteiger partial charge in [-0.25, -0.2) is 9.82 Å². The van der Waals surface area contributed by atoms with E-state index in [-0.39, 0.29) is 12.4 Å². The molecule has 3 aromatic carbocycles. The van der Waals surface area contributed by atoms with Gasteiger partial charge in [-0.15, -0.1) is 0 Å². The number of nitrogens with one attached hydrogen (secondary N) is 2. The standard InChI is InChI=1S/C24H22FN3O3/c1-16-7-10-20(13-17(16)2)27-23(29)24(30)28-26-14-18-8-11-21(12-9-18)31-15-19-5-3-4-6-22(19)25/h3-14H,15H2,1-2H3,(H,27,29)(H,28,30)/b26-14+. The van der Waals surface area contributed by atoms with Crippen LogP contribution in [0.5, 0.6) is 5.75 Å². The Morgan fingerprint density at radius 2 is 1.71 bits per heavy atom. The first-order valence-corrected chi connectivity index (χ1v) is 9.60. The second kappa shape index (κ2) is 10.2. The summed E-state index contributed by atoms with van der Waals surface area (Å²) >= 11 is 0. The molecule has 0 saturated carbocycles. The summed E-state index contributed by atoms with van der Waals surface area (Å²) < 4.78 is 19.2. The van der Waals surface area contributed by atoms with Gasteiger partial charge in [0.15, 0.2) is 0 Å². The van der Waals surface area contributed by atoms with Gasteiger partial charge < -0.3 is 10.1 Å². The zero-order chi connectivity index (χ0) is 22.2. The molecule has 0 unspecified atom stereocenters. The number of halogens is 1. The van der Waals surface area contributed by atoms with Crippen molar-refractivity contribution >= 4 is 23.7 Å². The van der Waals surface area contributed by atoms with Crippen LogP contribution in [0, 0.1) is 19.7 Å². The number of hydrogen-bond acceptors (Lipinski definition) is 4. The SMILES string of the molecule is Cc1ccc(NC(=O)C(=O)N/N=C/c2ccc(OCc3ccccc3F)cc2)cc1C. The van der Waals surface area contributed by atoms with Crippen molar-refractivity contribution in [2.45, 2.75) is 20.5 Å². The van der Waals surface area contributed by atoms with Gasteiger partial charge in [0.25, 0.3) is 0 Å². The predicted octanol–water partition coefficient (Wildman–Crippen LogP) is 4.11. The minimum atomic E-state index is -0.876. The molecule has 3 aromatic rings. The average Bonchev–Trinajstić information content (AvgIpc) is 2.76. The summed E-state index contributed by atoms with van der Waals surface area (Å²) in [6.07, 6.45) is 1.40. The summed E-state index contributed by atoms with van der Waals surface area (Å²) in [6.45, 7) is 4.00. The lowest BCUT2D eigenvalue weighted by Crippen LogP contribution is -2.32. The van der Waals surface area contributed by atoms with Crippen LogP contribution in [-0.4, -0.2) is 18.0 Å². The number of carbonyl (C=O) groups excluding carboxylic acids is 2. The van der Waals surface area contributed by atoms with E-state index in [1.807, 2.05) is 19.9 Å². The van der Waals surface area contributed by atoms with E-state index in [2.05, 4.69) is 15.8 Å². The van der Waals surface area contributed by atoms with Gasteiger partial charge in [0.1, 0.15) is 18.2 Å². The van der Waals surface area contributed by atoms with E-state index in [0.717, 1.165) is 11.1 Å². The van der Waals surface area contributed by atoms with Crippen molar-refractivity contribution in [1.29, 1.82) is 0 Å². The lowest BCUT2D eigenvalue weighted by Gasteiger charge is -2.07. The van der Waals surface area contributed by atoms with E-state index in [1.165, 1.54) is 12.3 Å². The van der Waals surface area contributed by atoms with Crippen molar-refractivity contribution < 1.29 is 18.7 Å². The van der Waals surface area contributed by atoms with Crippen LogP contribution in [0.15, 0.2) is 71.8 Å². The summed E-state index contributed by atoms with van der Waals surface area (Å²) in [6, 6.07) is 18.7.